The Morgan fingerprint density at radius 1 is 1.21 bits per heavy atom. The number of carbonyl (C=O) groups is 1. The predicted molar refractivity (Wildman–Crippen MR) is 90.3 cm³/mol. The van der Waals surface area contributed by atoms with Crippen molar-refractivity contribution in [2.45, 2.75) is 45.8 Å². The van der Waals surface area contributed by atoms with Gasteiger partial charge in [0.2, 0.25) is 5.76 Å². The zero-order valence-electron chi connectivity index (χ0n) is 14.9. The van der Waals surface area contributed by atoms with Crippen molar-refractivity contribution in [1.82, 2.24) is 0 Å². The van der Waals surface area contributed by atoms with E-state index in [1.807, 2.05) is 46.8 Å². The molecule has 0 unspecified atom stereocenters. The Morgan fingerprint density at radius 2 is 1.79 bits per heavy atom. The van der Waals surface area contributed by atoms with Crippen LogP contribution in [0.25, 0.3) is 0 Å². The van der Waals surface area contributed by atoms with Crippen LogP contribution in [-0.4, -0.2) is 36.5 Å². The molecule has 0 spiro atoms. The van der Waals surface area contributed by atoms with E-state index in [0.717, 1.165) is 17.3 Å². The highest BCUT2D eigenvalue weighted by Crippen LogP contribution is 2.36. The fraction of sp³-hybridized carbons (Fsp3) is 0.471. The highest BCUT2D eigenvalue weighted by atomic mass is 16.7. The van der Waals surface area contributed by atoms with Crippen molar-refractivity contribution in [3.63, 3.8) is 0 Å². The molecule has 1 aromatic carbocycles. The van der Waals surface area contributed by atoms with Gasteiger partial charge >= 0.3 is 13.1 Å². The second-order valence-electron chi connectivity index (χ2n) is 6.74. The molecule has 0 saturated carbocycles. The zero-order valence-corrected chi connectivity index (χ0v) is 14.9. The first-order chi connectivity index (χ1) is 11.1. The maximum absolute atomic E-state index is 11.2. The molecule has 0 bridgehead atoms. The lowest BCUT2D eigenvalue weighted by Gasteiger charge is -2.32. The third-order valence-electron chi connectivity index (χ3n) is 4.39. The second-order valence-corrected chi connectivity index (χ2v) is 6.74. The van der Waals surface area contributed by atoms with E-state index >= 15 is 0 Å². The summed E-state index contributed by atoms with van der Waals surface area (Å²) >= 11 is 0. The molecule has 1 aliphatic heterocycles. The number of hydrogen-bond acceptors (Lipinski definition) is 5. The van der Waals surface area contributed by atoms with E-state index < -0.39 is 24.3 Å². The van der Waals surface area contributed by atoms with Gasteiger partial charge in [-0.3, -0.25) is 0 Å². The monoisotopic (exact) mass is 334 g/mol. The Balaban J connectivity index is 2.30. The number of rotatable bonds is 5. The Hall–Kier alpha value is -1.99. The third-order valence-corrected chi connectivity index (χ3v) is 4.39. The summed E-state index contributed by atoms with van der Waals surface area (Å²) < 4.78 is 22.2. The molecule has 0 radical (unpaired) electrons. The molecule has 1 saturated heterocycles. The maximum atomic E-state index is 11.2. The van der Waals surface area contributed by atoms with Gasteiger partial charge in [0.1, 0.15) is 12.0 Å². The highest BCUT2D eigenvalue weighted by molar-refractivity contribution is 6.62. The number of aryl methyl sites for hydroxylation is 1. The van der Waals surface area contributed by atoms with Crippen molar-refractivity contribution in [1.29, 1.82) is 0 Å². The third kappa shape index (κ3) is 3.57. The summed E-state index contributed by atoms with van der Waals surface area (Å²) in [6, 6.07) is 5.44. The van der Waals surface area contributed by atoms with Crippen LogP contribution >= 0.6 is 0 Å². The van der Waals surface area contributed by atoms with E-state index in [9.17, 15) is 4.79 Å². The number of aliphatic carboxylic acids is 1. The van der Waals surface area contributed by atoms with E-state index in [0.29, 0.717) is 5.75 Å². The number of carboxylic acids is 1. The maximum Gasteiger partial charge on any atom is 0.494 e. The Kier molecular flexibility index (Phi) is 4.96. The molecule has 0 atom stereocenters. The van der Waals surface area contributed by atoms with E-state index in [1.54, 1.807) is 6.07 Å². The first kappa shape index (κ1) is 18.4. The van der Waals surface area contributed by atoms with E-state index in [-0.39, 0.29) is 5.76 Å². The van der Waals surface area contributed by atoms with Gasteiger partial charge in [-0.2, -0.15) is 0 Å². The fourth-order valence-corrected chi connectivity index (χ4v) is 2.20. The van der Waals surface area contributed by atoms with Crippen molar-refractivity contribution in [2.75, 3.05) is 7.11 Å². The van der Waals surface area contributed by atoms with Crippen molar-refractivity contribution in [3.05, 3.63) is 35.8 Å². The van der Waals surface area contributed by atoms with E-state index in [1.165, 1.54) is 7.11 Å². The summed E-state index contributed by atoms with van der Waals surface area (Å²) in [4.78, 5) is 11.2. The molecule has 1 aromatic rings. The summed E-state index contributed by atoms with van der Waals surface area (Å²) in [5.74, 6) is -1.10. The van der Waals surface area contributed by atoms with Gasteiger partial charge in [-0.1, -0.05) is 12.1 Å². The van der Waals surface area contributed by atoms with Crippen LogP contribution in [0.1, 0.15) is 33.3 Å². The minimum absolute atomic E-state index is 0.299. The molecular formula is C17H23BO6. The SMILES string of the molecule is CO/C=C(\Oc1cc(B2OC(C)(C)C(C)(C)O2)ccc1C)C(=O)O. The largest absolute Gasteiger partial charge is 0.500 e. The average Bonchev–Trinajstić information content (AvgIpc) is 2.69. The molecule has 1 aliphatic rings. The number of carboxylic acid groups (broad SMARTS) is 1. The molecule has 6 nitrogen and oxygen atoms in total. The predicted octanol–water partition coefficient (Wildman–Crippen LogP) is 2.25. The molecule has 0 aromatic heterocycles. The first-order valence-corrected chi connectivity index (χ1v) is 7.67. The molecule has 0 aliphatic carbocycles. The second kappa shape index (κ2) is 6.49. The van der Waals surface area contributed by atoms with Crippen LogP contribution in [0.5, 0.6) is 5.75 Å². The van der Waals surface area contributed by atoms with Crippen molar-refractivity contribution >= 4 is 18.6 Å². The average molecular weight is 334 g/mol. The highest BCUT2D eigenvalue weighted by Gasteiger charge is 2.51. The van der Waals surface area contributed by atoms with Crippen molar-refractivity contribution < 1.29 is 28.7 Å². The van der Waals surface area contributed by atoms with Gasteiger partial charge in [-0.25, -0.2) is 4.79 Å². The fourth-order valence-electron chi connectivity index (χ4n) is 2.20. The lowest BCUT2D eigenvalue weighted by atomic mass is 9.78. The summed E-state index contributed by atoms with van der Waals surface area (Å²) in [6.45, 7) is 9.73. The molecule has 130 valence electrons. The van der Waals surface area contributed by atoms with Crippen LogP contribution in [0.3, 0.4) is 0 Å². The van der Waals surface area contributed by atoms with Crippen molar-refractivity contribution in [3.8, 4) is 5.75 Å². The molecule has 24 heavy (non-hydrogen) atoms. The van der Waals surface area contributed by atoms with Gasteiger partial charge in [-0.05, 0) is 51.7 Å². The van der Waals surface area contributed by atoms with Crippen LogP contribution in [0.4, 0.5) is 0 Å². The van der Waals surface area contributed by atoms with Crippen LogP contribution in [0, 0.1) is 6.92 Å². The van der Waals surface area contributed by atoms with Gasteiger partial charge in [0, 0.05) is 0 Å². The van der Waals surface area contributed by atoms with E-state index in [4.69, 9.17) is 23.9 Å². The summed E-state index contributed by atoms with van der Waals surface area (Å²) in [5.41, 5.74) is 0.646. The first-order valence-electron chi connectivity index (χ1n) is 7.67. The standard InChI is InChI=1S/C17H23BO6/c1-11-7-8-12(18-23-16(2,3)17(4,5)24-18)9-13(11)22-14(10-21-6)15(19)20/h7-10H,1-6H3,(H,19,20)/b14-10-. The van der Waals surface area contributed by atoms with Gasteiger partial charge in [0.25, 0.3) is 0 Å². The summed E-state index contributed by atoms with van der Waals surface area (Å²) in [5, 5.41) is 9.15. The van der Waals surface area contributed by atoms with Crippen molar-refractivity contribution in [2.24, 2.45) is 0 Å². The smallest absolute Gasteiger partial charge is 0.494 e. The molecule has 7 heteroatoms. The van der Waals surface area contributed by atoms with Crippen LogP contribution in [-0.2, 0) is 18.8 Å². The van der Waals surface area contributed by atoms with Crippen LogP contribution < -0.4 is 10.2 Å². The van der Waals surface area contributed by atoms with Gasteiger partial charge < -0.3 is 23.9 Å². The molecule has 0 amide bonds. The molecule has 1 fully saturated rings. The Morgan fingerprint density at radius 3 is 2.29 bits per heavy atom. The lowest BCUT2D eigenvalue weighted by Crippen LogP contribution is -2.41. The quantitative estimate of drug-likeness (QED) is 0.506. The molecule has 2 rings (SSSR count). The van der Waals surface area contributed by atoms with Crippen LogP contribution in [0.2, 0.25) is 0 Å². The number of ether oxygens (including phenoxy) is 2. The topological polar surface area (TPSA) is 74.2 Å². The number of benzene rings is 1. The lowest BCUT2D eigenvalue weighted by molar-refractivity contribution is -0.135. The number of methoxy groups -OCH3 is 1. The zero-order chi connectivity index (χ0) is 18.1. The summed E-state index contributed by atoms with van der Waals surface area (Å²) in [7, 11) is 0.817. The van der Waals surface area contributed by atoms with Gasteiger partial charge in [0.05, 0.1) is 18.3 Å². The molecule has 1 heterocycles. The Bertz CT molecular complexity index is 649. The molecular weight excluding hydrogens is 311 g/mol. The van der Waals surface area contributed by atoms with Crippen LogP contribution in [0.15, 0.2) is 30.2 Å². The van der Waals surface area contributed by atoms with Gasteiger partial charge in [-0.15, -0.1) is 0 Å². The summed E-state index contributed by atoms with van der Waals surface area (Å²) in [6.07, 6.45) is 1.04. The minimum atomic E-state index is -1.21. The number of hydrogen-bond donors (Lipinski definition) is 1. The molecule has 1 N–H and O–H groups in total. The van der Waals surface area contributed by atoms with E-state index in [2.05, 4.69) is 0 Å². The Labute approximate surface area is 142 Å². The minimum Gasteiger partial charge on any atom is -0.500 e. The van der Waals surface area contributed by atoms with Gasteiger partial charge in [0.15, 0.2) is 0 Å². The normalized spacial score (nSPS) is 19.2.